The molecular weight excluding hydrogens is 194 g/mol. The van der Waals surface area contributed by atoms with E-state index in [1.807, 2.05) is 0 Å². The van der Waals surface area contributed by atoms with Crippen LogP contribution in [0.15, 0.2) is 12.1 Å². The lowest BCUT2D eigenvalue weighted by molar-refractivity contribution is 0.345. The maximum absolute atomic E-state index is 9.54. The molecule has 1 fully saturated rings. The molecule has 1 aliphatic rings. The van der Waals surface area contributed by atoms with Gasteiger partial charge < -0.3 is 20.3 Å². The molecule has 0 amide bonds. The van der Waals surface area contributed by atoms with Crippen molar-refractivity contribution in [3.05, 3.63) is 17.7 Å². The topological polar surface area (TPSA) is 64.7 Å². The van der Waals surface area contributed by atoms with Crippen molar-refractivity contribution in [1.82, 2.24) is 0 Å². The highest BCUT2D eigenvalue weighted by Gasteiger charge is 2.43. The molecular formula is C11H15NO3. The van der Waals surface area contributed by atoms with Gasteiger partial charge in [0.1, 0.15) is 5.75 Å². The predicted molar refractivity (Wildman–Crippen MR) is 56.3 cm³/mol. The standard InChI is InChI=1S/C11H15NO3/c1-14-9-6-7(13)5-8(10(9)15-2)11(12)3-4-11/h5-6,13H,3-4,12H2,1-2H3. The number of aromatic hydroxyl groups is 1. The number of ether oxygens (including phenoxy) is 2. The van der Waals surface area contributed by atoms with Crippen molar-refractivity contribution in [2.24, 2.45) is 5.73 Å². The Bertz CT molecular complexity index is 386. The van der Waals surface area contributed by atoms with Crippen LogP contribution < -0.4 is 15.2 Å². The maximum Gasteiger partial charge on any atom is 0.166 e. The molecule has 0 radical (unpaired) electrons. The van der Waals surface area contributed by atoms with Gasteiger partial charge in [0.15, 0.2) is 11.5 Å². The fraction of sp³-hybridized carbons (Fsp3) is 0.455. The molecule has 0 atom stereocenters. The smallest absolute Gasteiger partial charge is 0.166 e. The van der Waals surface area contributed by atoms with Gasteiger partial charge in [-0.05, 0) is 18.9 Å². The van der Waals surface area contributed by atoms with Crippen LogP contribution in [0.4, 0.5) is 0 Å². The van der Waals surface area contributed by atoms with Crippen LogP contribution in [0.3, 0.4) is 0 Å². The van der Waals surface area contributed by atoms with E-state index < -0.39 is 0 Å². The zero-order valence-corrected chi connectivity index (χ0v) is 8.91. The summed E-state index contributed by atoms with van der Waals surface area (Å²) in [4.78, 5) is 0. The lowest BCUT2D eigenvalue weighted by atomic mass is 10.0. The van der Waals surface area contributed by atoms with Crippen LogP contribution >= 0.6 is 0 Å². The molecule has 0 heterocycles. The minimum atomic E-state index is -0.350. The molecule has 0 saturated heterocycles. The van der Waals surface area contributed by atoms with Gasteiger partial charge in [-0.3, -0.25) is 0 Å². The summed E-state index contributed by atoms with van der Waals surface area (Å²) in [5.74, 6) is 1.29. The normalized spacial score (nSPS) is 17.3. The second kappa shape index (κ2) is 3.31. The molecule has 0 aliphatic heterocycles. The monoisotopic (exact) mass is 209 g/mol. The van der Waals surface area contributed by atoms with Gasteiger partial charge in [0.05, 0.1) is 14.2 Å². The molecule has 0 bridgehead atoms. The van der Waals surface area contributed by atoms with Crippen molar-refractivity contribution in [3.8, 4) is 17.2 Å². The Morgan fingerprint density at radius 2 is 1.93 bits per heavy atom. The van der Waals surface area contributed by atoms with E-state index >= 15 is 0 Å². The van der Waals surface area contributed by atoms with Crippen LogP contribution in [0.5, 0.6) is 17.2 Å². The highest BCUT2D eigenvalue weighted by Crippen LogP contribution is 2.50. The second-order valence-electron chi connectivity index (χ2n) is 3.88. The quantitative estimate of drug-likeness (QED) is 0.788. The molecule has 0 aromatic heterocycles. The Balaban J connectivity index is 2.56. The summed E-state index contributed by atoms with van der Waals surface area (Å²) in [6, 6.07) is 3.17. The molecule has 2 rings (SSSR count). The highest BCUT2D eigenvalue weighted by molar-refractivity contribution is 5.55. The Hall–Kier alpha value is -1.42. The summed E-state index contributed by atoms with van der Waals surface area (Å²) in [5, 5.41) is 9.54. The third-order valence-corrected chi connectivity index (χ3v) is 2.79. The SMILES string of the molecule is COc1cc(O)cc(C2(N)CC2)c1OC. The maximum atomic E-state index is 9.54. The van der Waals surface area contributed by atoms with Gasteiger partial charge in [-0.25, -0.2) is 0 Å². The van der Waals surface area contributed by atoms with Gasteiger partial charge in [-0.2, -0.15) is 0 Å². The van der Waals surface area contributed by atoms with Crippen molar-refractivity contribution in [3.63, 3.8) is 0 Å². The summed E-state index contributed by atoms with van der Waals surface area (Å²) in [7, 11) is 3.11. The van der Waals surface area contributed by atoms with Gasteiger partial charge in [0.25, 0.3) is 0 Å². The predicted octanol–water partition coefficient (Wildman–Crippen LogP) is 1.36. The summed E-state index contributed by atoms with van der Waals surface area (Å²) in [6.07, 6.45) is 1.83. The van der Waals surface area contributed by atoms with Crippen LogP contribution in [-0.4, -0.2) is 19.3 Å². The second-order valence-corrected chi connectivity index (χ2v) is 3.88. The van der Waals surface area contributed by atoms with Gasteiger partial charge in [0, 0.05) is 17.2 Å². The third-order valence-electron chi connectivity index (χ3n) is 2.79. The molecule has 1 aromatic carbocycles. The number of rotatable bonds is 3. The lowest BCUT2D eigenvalue weighted by Crippen LogP contribution is -2.19. The third kappa shape index (κ3) is 1.61. The van der Waals surface area contributed by atoms with E-state index in [1.54, 1.807) is 13.2 Å². The van der Waals surface area contributed by atoms with E-state index in [0.717, 1.165) is 18.4 Å². The summed E-state index contributed by atoms with van der Waals surface area (Å²) in [5.41, 5.74) is 6.56. The Morgan fingerprint density at radius 1 is 1.27 bits per heavy atom. The largest absolute Gasteiger partial charge is 0.508 e. The first-order valence-corrected chi connectivity index (χ1v) is 4.85. The van der Waals surface area contributed by atoms with Gasteiger partial charge >= 0.3 is 0 Å². The Morgan fingerprint density at radius 3 is 2.40 bits per heavy atom. The molecule has 4 heteroatoms. The van der Waals surface area contributed by atoms with Crippen LogP contribution in [0.2, 0.25) is 0 Å². The first kappa shape index (κ1) is 10.1. The molecule has 15 heavy (non-hydrogen) atoms. The van der Waals surface area contributed by atoms with Crippen molar-refractivity contribution in [2.75, 3.05) is 14.2 Å². The van der Waals surface area contributed by atoms with Crippen LogP contribution in [0.25, 0.3) is 0 Å². The minimum Gasteiger partial charge on any atom is -0.508 e. The van der Waals surface area contributed by atoms with E-state index in [4.69, 9.17) is 15.2 Å². The van der Waals surface area contributed by atoms with Gasteiger partial charge in [-0.1, -0.05) is 0 Å². The number of phenols is 1. The van der Waals surface area contributed by atoms with E-state index in [-0.39, 0.29) is 11.3 Å². The fourth-order valence-electron chi connectivity index (χ4n) is 1.72. The fourth-order valence-corrected chi connectivity index (χ4v) is 1.72. The number of hydrogen-bond donors (Lipinski definition) is 2. The molecule has 0 spiro atoms. The number of hydrogen-bond acceptors (Lipinski definition) is 4. The molecule has 3 N–H and O–H groups in total. The molecule has 4 nitrogen and oxygen atoms in total. The van der Waals surface area contributed by atoms with Crippen LogP contribution in [0, 0.1) is 0 Å². The molecule has 1 aromatic rings. The average molecular weight is 209 g/mol. The molecule has 82 valence electrons. The van der Waals surface area contributed by atoms with Gasteiger partial charge in [0.2, 0.25) is 0 Å². The Labute approximate surface area is 88.6 Å². The number of nitrogens with two attached hydrogens (primary N) is 1. The number of methoxy groups -OCH3 is 2. The molecule has 1 saturated carbocycles. The molecule has 1 aliphatic carbocycles. The number of benzene rings is 1. The van der Waals surface area contributed by atoms with E-state index in [0.29, 0.717) is 11.5 Å². The van der Waals surface area contributed by atoms with Crippen LogP contribution in [-0.2, 0) is 5.54 Å². The minimum absolute atomic E-state index is 0.152. The van der Waals surface area contributed by atoms with Crippen molar-refractivity contribution in [2.45, 2.75) is 18.4 Å². The zero-order valence-electron chi connectivity index (χ0n) is 8.91. The van der Waals surface area contributed by atoms with Crippen molar-refractivity contribution >= 4 is 0 Å². The summed E-state index contributed by atoms with van der Waals surface area (Å²) in [6.45, 7) is 0. The van der Waals surface area contributed by atoms with E-state index in [9.17, 15) is 5.11 Å². The average Bonchev–Trinajstić information content (AvgIpc) is 2.96. The van der Waals surface area contributed by atoms with Crippen LogP contribution in [0.1, 0.15) is 18.4 Å². The van der Waals surface area contributed by atoms with Crippen molar-refractivity contribution < 1.29 is 14.6 Å². The van der Waals surface area contributed by atoms with Crippen molar-refractivity contribution in [1.29, 1.82) is 0 Å². The van der Waals surface area contributed by atoms with E-state index in [2.05, 4.69) is 0 Å². The first-order chi connectivity index (χ1) is 7.10. The first-order valence-electron chi connectivity index (χ1n) is 4.85. The number of phenolic OH excluding ortho intramolecular Hbond substituents is 1. The Kier molecular flexibility index (Phi) is 2.23. The summed E-state index contributed by atoms with van der Waals surface area (Å²) < 4.78 is 10.4. The van der Waals surface area contributed by atoms with Gasteiger partial charge in [-0.15, -0.1) is 0 Å². The summed E-state index contributed by atoms with van der Waals surface area (Å²) >= 11 is 0. The highest BCUT2D eigenvalue weighted by atomic mass is 16.5. The lowest BCUT2D eigenvalue weighted by Gasteiger charge is -2.17. The molecule has 0 unspecified atom stereocenters. The zero-order chi connectivity index (χ0) is 11.1. The van der Waals surface area contributed by atoms with E-state index in [1.165, 1.54) is 13.2 Å².